The highest BCUT2D eigenvalue weighted by atomic mass is 16.5. The predicted molar refractivity (Wildman–Crippen MR) is 105 cm³/mol. The monoisotopic (exact) mass is 384 g/mol. The number of aromatic nitrogens is 3. The van der Waals surface area contributed by atoms with E-state index in [-0.39, 0.29) is 5.91 Å². The molecule has 2 aromatic heterocycles. The molecule has 8 nitrogen and oxygen atoms in total. The fraction of sp³-hybridized carbons (Fsp3) is 0.350. The van der Waals surface area contributed by atoms with Crippen molar-refractivity contribution in [2.75, 3.05) is 19.5 Å². The molecule has 1 aromatic carbocycles. The first-order chi connectivity index (χ1) is 13.3. The number of furan rings is 1. The van der Waals surface area contributed by atoms with E-state index in [1.54, 1.807) is 32.6 Å². The van der Waals surface area contributed by atoms with E-state index in [4.69, 9.17) is 13.9 Å². The minimum Gasteiger partial charge on any atom is -0.493 e. The summed E-state index contributed by atoms with van der Waals surface area (Å²) in [6, 6.07) is 9.10. The van der Waals surface area contributed by atoms with Crippen molar-refractivity contribution in [3.05, 3.63) is 42.2 Å². The lowest BCUT2D eigenvalue weighted by molar-refractivity contribution is 0.0752. The molecule has 8 heteroatoms. The van der Waals surface area contributed by atoms with Gasteiger partial charge >= 0.3 is 0 Å². The number of carbonyl (C=O) groups excluding carboxylic acids is 1. The van der Waals surface area contributed by atoms with Crippen LogP contribution in [0.15, 0.2) is 41.0 Å². The molecule has 0 bridgehead atoms. The Bertz CT molecular complexity index is 955. The first kappa shape index (κ1) is 19.5. The van der Waals surface area contributed by atoms with E-state index in [0.29, 0.717) is 35.6 Å². The Morgan fingerprint density at radius 1 is 1.18 bits per heavy atom. The molecule has 0 atom stereocenters. The van der Waals surface area contributed by atoms with Gasteiger partial charge in [-0.05, 0) is 29.8 Å². The number of nitrogens with one attached hydrogen (secondary N) is 1. The Kier molecular flexibility index (Phi) is 5.39. The van der Waals surface area contributed by atoms with Crippen LogP contribution < -0.4 is 14.8 Å². The van der Waals surface area contributed by atoms with Gasteiger partial charge in [-0.3, -0.25) is 4.79 Å². The molecule has 0 aliphatic rings. The molecule has 3 aromatic rings. The quantitative estimate of drug-likeness (QED) is 0.690. The lowest BCUT2D eigenvalue weighted by Crippen LogP contribution is -2.29. The van der Waals surface area contributed by atoms with E-state index in [1.165, 1.54) is 4.68 Å². The fourth-order valence-electron chi connectivity index (χ4n) is 2.57. The summed E-state index contributed by atoms with van der Waals surface area (Å²) in [5.41, 5.74) is 0.323. The number of carbonyl (C=O) groups is 1. The van der Waals surface area contributed by atoms with Crippen molar-refractivity contribution in [1.29, 1.82) is 0 Å². The molecule has 0 fully saturated rings. The van der Waals surface area contributed by atoms with E-state index in [9.17, 15) is 4.79 Å². The van der Waals surface area contributed by atoms with Gasteiger partial charge in [0.05, 0.1) is 20.5 Å². The van der Waals surface area contributed by atoms with Gasteiger partial charge in [0.1, 0.15) is 0 Å². The third-order valence-corrected chi connectivity index (χ3v) is 4.08. The van der Waals surface area contributed by atoms with Crippen LogP contribution in [0.3, 0.4) is 0 Å². The Balaban J connectivity index is 1.89. The molecule has 3 rings (SSSR count). The van der Waals surface area contributed by atoms with Gasteiger partial charge in [-0.25, -0.2) is 0 Å². The highest BCUT2D eigenvalue weighted by molar-refractivity contribution is 5.85. The third kappa shape index (κ3) is 4.00. The summed E-state index contributed by atoms with van der Waals surface area (Å²) in [6.07, 6.45) is 1.54. The smallest absolute Gasteiger partial charge is 0.255 e. The van der Waals surface area contributed by atoms with Gasteiger partial charge in [0.2, 0.25) is 11.8 Å². The van der Waals surface area contributed by atoms with Gasteiger partial charge in [0.25, 0.3) is 5.91 Å². The SMILES string of the molecule is COc1ccc(CNc2nc(-c3ccco3)nn2C(=O)C(C)(C)C)cc1OC. The zero-order valence-corrected chi connectivity index (χ0v) is 16.6. The fourth-order valence-corrected chi connectivity index (χ4v) is 2.57. The highest BCUT2D eigenvalue weighted by Crippen LogP contribution is 2.28. The average Bonchev–Trinajstić information content (AvgIpc) is 3.34. The number of anilines is 1. The zero-order valence-electron chi connectivity index (χ0n) is 16.6. The molecule has 0 aliphatic heterocycles. The van der Waals surface area contributed by atoms with Crippen LogP contribution in [0, 0.1) is 5.41 Å². The third-order valence-electron chi connectivity index (χ3n) is 4.08. The van der Waals surface area contributed by atoms with Crippen molar-refractivity contribution in [3.63, 3.8) is 0 Å². The highest BCUT2D eigenvalue weighted by Gasteiger charge is 2.28. The number of nitrogens with zero attached hydrogens (tertiary/aromatic N) is 3. The van der Waals surface area contributed by atoms with Crippen molar-refractivity contribution in [3.8, 4) is 23.1 Å². The summed E-state index contributed by atoms with van der Waals surface area (Å²) in [5, 5.41) is 7.53. The van der Waals surface area contributed by atoms with Gasteiger partial charge in [-0.1, -0.05) is 26.8 Å². The molecule has 2 heterocycles. The maximum absolute atomic E-state index is 12.8. The first-order valence-electron chi connectivity index (χ1n) is 8.84. The van der Waals surface area contributed by atoms with Gasteiger partial charge in [0, 0.05) is 12.0 Å². The van der Waals surface area contributed by atoms with Crippen molar-refractivity contribution >= 4 is 11.9 Å². The summed E-state index contributed by atoms with van der Waals surface area (Å²) in [5.74, 6) is 2.29. The normalized spacial score (nSPS) is 11.3. The number of hydrogen-bond donors (Lipinski definition) is 1. The van der Waals surface area contributed by atoms with E-state index in [1.807, 2.05) is 39.0 Å². The summed E-state index contributed by atoms with van der Waals surface area (Å²) >= 11 is 0. The van der Waals surface area contributed by atoms with E-state index < -0.39 is 5.41 Å². The van der Waals surface area contributed by atoms with Gasteiger partial charge in [-0.2, -0.15) is 9.67 Å². The summed E-state index contributed by atoms with van der Waals surface area (Å²) in [7, 11) is 3.18. The standard InChI is InChI=1S/C20H24N4O4/c1-20(2,3)18(25)24-19(22-17(23-24)15-7-6-10-28-15)21-12-13-8-9-14(26-4)16(11-13)27-5/h6-11H,12H2,1-5H3,(H,21,22,23). The van der Waals surface area contributed by atoms with Crippen LogP contribution in [-0.2, 0) is 6.54 Å². The summed E-state index contributed by atoms with van der Waals surface area (Å²) < 4.78 is 17.3. The summed E-state index contributed by atoms with van der Waals surface area (Å²) in [4.78, 5) is 17.3. The zero-order chi connectivity index (χ0) is 20.3. The number of ether oxygens (including phenoxy) is 2. The van der Waals surface area contributed by atoms with Crippen molar-refractivity contribution in [2.45, 2.75) is 27.3 Å². The topological polar surface area (TPSA) is 91.4 Å². The number of methoxy groups -OCH3 is 2. The van der Waals surface area contributed by atoms with Crippen molar-refractivity contribution in [1.82, 2.24) is 14.8 Å². The Hall–Kier alpha value is -3.29. The van der Waals surface area contributed by atoms with Crippen LogP contribution in [0.25, 0.3) is 11.6 Å². The van der Waals surface area contributed by atoms with E-state index in [0.717, 1.165) is 5.56 Å². The Morgan fingerprint density at radius 2 is 1.93 bits per heavy atom. The maximum Gasteiger partial charge on any atom is 0.255 e. The molecule has 148 valence electrons. The van der Waals surface area contributed by atoms with Crippen LogP contribution in [-0.4, -0.2) is 34.9 Å². The van der Waals surface area contributed by atoms with Crippen molar-refractivity contribution in [2.24, 2.45) is 5.41 Å². The van der Waals surface area contributed by atoms with Gasteiger partial charge in [0.15, 0.2) is 17.3 Å². The molecule has 0 saturated heterocycles. The minimum atomic E-state index is -0.617. The van der Waals surface area contributed by atoms with Crippen LogP contribution >= 0.6 is 0 Å². The lowest BCUT2D eigenvalue weighted by atomic mass is 9.96. The molecule has 0 amide bonds. The molecule has 0 spiro atoms. The molecule has 1 N–H and O–H groups in total. The van der Waals surface area contributed by atoms with Crippen molar-refractivity contribution < 1.29 is 18.7 Å². The lowest BCUT2D eigenvalue weighted by Gasteiger charge is -2.17. The number of hydrogen-bond acceptors (Lipinski definition) is 7. The second kappa shape index (κ2) is 7.75. The predicted octanol–water partition coefficient (Wildman–Crippen LogP) is 3.85. The van der Waals surface area contributed by atoms with Gasteiger partial charge in [-0.15, -0.1) is 5.10 Å². The second-order valence-corrected chi connectivity index (χ2v) is 7.25. The molecular weight excluding hydrogens is 360 g/mol. The Morgan fingerprint density at radius 3 is 2.54 bits per heavy atom. The minimum absolute atomic E-state index is 0.174. The molecule has 28 heavy (non-hydrogen) atoms. The molecule has 0 saturated carbocycles. The largest absolute Gasteiger partial charge is 0.493 e. The second-order valence-electron chi connectivity index (χ2n) is 7.25. The number of benzene rings is 1. The number of rotatable bonds is 6. The van der Waals surface area contributed by atoms with Crippen LogP contribution in [0.5, 0.6) is 11.5 Å². The molecule has 0 aliphatic carbocycles. The Labute approximate surface area is 163 Å². The molecular formula is C20H24N4O4. The van der Waals surface area contributed by atoms with Crippen LogP contribution in [0.4, 0.5) is 5.95 Å². The van der Waals surface area contributed by atoms with Crippen LogP contribution in [0.2, 0.25) is 0 Å². The summed E-state index contributed by atoms with van der Waals surface area (Å²) in [6.45, 7) is 5.93. The maximum atomic E-state index is 12.8. The van der Waals surface area contributed by atoms with E-state index >= 15 is 0 Å². The first-order valence-corrected chi connectivity index (χ1v) is 8.84. The average molecular weight is 384 g/mol. The van der Waals surface area contributed by atoms with Crippen LogP contribution in [0.1, 0.15) is 31.1 Å². The van der Waals surface area contributed by atoms with Gasteiger partial charge < -0.3 is 19.2 Å². The molecule has 0 radical (unpaired) electrons. The van der Waals surface area contributed by atoms with E-state index in [2.05, 4.69) is 15.4 Å². The molecule has 0 unspecified atom stereocenters.